The smallest absolute Gasteiger partial charge is 0.394 e. The lowest BCUT2D eigenvalue weighted by molar-refractivity contribution is -0.251. The standard InChI is InChI=1S/C6H12N3O8P/c7-9-8-3-4(11)2(1-10)16-6(5(3)12)17-18(13,14)15/h2-6,10-12H,1H2,(H2,13,14,15)/t2-,3+,4-,5-,6-/m1/s1. The summed E-state index contributed by atoms with van der Waals surface area (Å²) >= 11 is 0. The summed E-state index contributed by atoms with van der Waals surface area (Å²) in [4.78, 5) is 19.6. The fourth-order valence-corrected chi connectivity index (χ4v) is 1.93. The maximum atomic E-state index is 10.6. The Morgan fingerprint density at radius 1 is 1.39 bits per heavy atom. The molecule has 1 heterocycles. The van der Waals surface area contributed by atoms with Gasteiger partial charge in [0.1, 0.15) is 12.2 Å². The van der Waals surface area contributed by atoms with E-state index in [1.807, 2.05) is 0 Å². The van der Waals surface area contributed by atoms with E-state index in [4.69, 9.17) is 25.2 Å². The Morgan fingerprint density at radius 3 is 2.44 bits per heavy atom. The Labute approximate surface area is 100 Å². The molecule has 12 heteroatoms. The van der Waals surface area contributed by atoms with Crippen LogP contribution in [0.5, 0.6) is 0 Å². The van der Waals surface area contributed by atoms with Crippen LogP contribution in [0.25, 0.3) is 10.4 Å². The van der Waals surface area contributed by atoms with Crippen LogP contribution in [0.3, 0.4) is 0 Å². The van der Waals surface area contributed by atoms with Gasteiger partial charge in [0.05, 0.1) is 18.8 Å². The van der Waals surface area contributed by atoms with Crippen molar-refractivity contribution in [2.75, 3.05) is 6.61 Å². The minimum absolute atomic E-state index is 0.716. The lowest BCUT2D eigenvalue weighted by atomic mass is 9.97. The number of aliphatic hydroxyl groups excluding tert-OH is 3. The van der Waals surface area contributed by atoms with E-state index in [-0.39, 0.29) is 0 Å². The zero-order valence-electron chi connectivity index (χ0n) is 8.84. The highest BCUT2D eigenvalue weighted by Crippen LogP contribution is 2.40. The van der Waals surface area contributed by atoms with Crippen LogP contribution in [0, 0.1) is 0 Å². The predicted molar refractivity (Wildman–Crippen MR) is 53.8 cm³/mol. The molecular formula is C6H12N3O8P. The van der Waals surface area contributed by atoms with E-state index in [2.05, 4.69) is 14.5 Å². The first-order valence-corrected chi connectivity index (χ1v) is 6.23. The molecule has 18 heavy (non-hydrogen) atoms. The summed E-state index contributed by atoms with van der Waals surface area (Å²) in [7, 11) is -4.96. The Hall–Kier alpha value is -0.740. The van der Waals surface area contributed by atoms with Crippen molar-refractivity contribution in [2.45, 2.75) is 30.6 Å². The Morgan fingerprint density at radius 2 is 2.00 bits per heavy atom. The molecule has 5 N–H and O–H groups in total. The lowest BCUT2D eigenvalue weighted by Gasteiger charge is -2.39. The van der Waals surface area contributed by atoms with Crippen LogP contribution in [-0.4, -0.2) is 62.4 Å². The van der Waals surface area contributed by atoms with E-state index in [1.54, 1.807) is 0 Å². The van der Waals surface area contributed by atoms with Crippen molar-refractivity contribution < 1.29 is 38.9 Å². The Bertz CT molecular complexity index is 381. The summed E-state index contributed by atoms with van der Waals surface area (Å²) in [5.41, 5.74) is 8.27. The largest absolute Gasteiger partial charge is 0.472 e. The molecule has 1 aliphatic rings. The molecule has 11 nitrogen and oxygen atoms in total. The fourth-order valence-electron chi connectivity index (χ4n) is 1.49. The van der Waals surface area contributed by atoms with Gasteiger partial charge in [0.15, 0.2) is 6.29 Å². The topological polar surface area (TPSA) is 185 Å². The monoisotopic (exact) mass is 285 g/mol. The van der Waals surface area contributed by atoms with Gasteiger partial charge in [-0.3, -0.25) is 4.52 Å². The second-order valence-corrected chi connectivity index (χ2v) is 4.69. The lowest BCUT2D eigenvalue weighted by Crippen LogP contribution is -2.58. The number of phosphoric ester groups is 1. The number of nitrogens with zero attached hydrogens (tertiary/aromatic N) is 3. The van der Waals surface area contributed by atoms with Crippen LogP contribution in [0.2, 0.25) is 0 Å². The molecule has 1 aliphatic heterocycles. The van der Waals surface area contributed by atoms with Gasteiger partial charge < -0.3 is 29.8 Å². The van der Waals surface area contributed by atoms with Gasteiger partial charge in [0.2, 0.25) is 0 Å². The number of hydrogen-bond donors (Lipinski definition) is 5. The van der Waals surface area contributed by atoms with Crippen LogP contribution in [0.15, 0.2) is 5.11 Å². The van der Waals surface area contributed by atoms with E-state index in [0.29, 0.717) is 0 Å². The minimum Gasteiger partial charge on any atom is -0.394 e. The molecule has 0 aliphatic carbocycles. The molecule has 0 spiro atoms. The molecule has 0 amide bonds. The first kappa shape index (κ1) is 15.3. The molecule has 5 atom stereocenters. The second kappa shape index (κ2) is 5.93. The van der Waals surface area contributed by atoms with Crippen LogP contribution < -0.4 is 0 Å². The third-order valence-corrected chi connectivity index (χ3v) is 2.76. The highest BCUT2D eigenvalue weighted by atomic mass is 31.2. The zero-order valence-corrected chi connectivity index (χ0v) is 9.74. The summed E-state index contributed by atoms with van der Waals surface area (Å²) in [6.45, 7) is -0.716. The van der Waals surface area contributed by atoms with Gasteiger partial charge in [-0.05, 0) is 5.53 Å². The maximum absolute atomic E-state index is 10.6. The van der Waals surface area contributed by atoms with Crippen molar-refractivity contribution in [2.24, 2.45) is 5.11 Å². The van der Waals surface area contributed by atoms with E-state index < -0.39 is 45.1 Å². The molecule has 1 rings (SSSR count). The molecule has 0 unspecified atom stereocenters. The fraction of sp³-hybridized carbons (Fsp3) is 1.00. The van der Waals surface area contributed by atoms with Crippen molar-refractivity contribution in [3.05, 3.63) is 10.4 Å². The van der Waals surface area contributed by atoms with Gasteiger partial charge in [0, 0.05) is 4.91 Å². The van der Waals surface area contributed by atoms with E-state index in [9.17, 15) is 14.8 Å². The molecule has 0 aromatic rings. The molecule has 0 aromatic heterocycles. The van der Waals surface area contributed by atoms with E-state index in [1.165, 1.54) is 0 Å². The number of ether oxygens (including phenoxy) is 1. The highest BCUT2D eigenvalue weighted by Gasteiger charge is 2.46. The molecule has 0 saturated carbocycles. The van der Waals surface area contributed by atoms with Crippen LogP contribution in [-0.2, 0) is 13.8 Å². The van der Waals surface area contributed by atoms with Crippen molar-refractivity contribution in [3.63, 3.8) is 0 Å². The highest BCUT2D eigenvalue weighted by molar-refractivity contribution is 7.46. The molecule has 104 valence electrons. The molecule has 0 aromatic carbocycles. The van der Waals surface area contributed by atoms with Crippen molar-refractivity contribution in [3.8, 4) is 0 Å². The van der Waals surface area contributed by atoms with Gasteiger partial charge >= 0.3 is 7.82 Å². The molecule has 1 fully saturated rings. The number of azide groups is 1. The van der Waals surface area contributed by atoms with Crippen molar-refractivity contribution >= 4 is 7.82 Å². The van der Waals surface area contributed by atoms with Crippen molar-refractivity contribution in [1.82, 2.24) is 0 Å². The van der Waals surface area contributed by atoms with E-state index in [0.717, 1.165) is 0 Å². The normalized spacial score (nSPS) is 37.1. The molecule has 0 bridgehead atoms. The summed E-state index contributed by atoms with van der Waals surface area (Å²) in [6.07, 6.45) is -6.45. The summed E-state index contributed by atoms with van der Waals surface area (Å²) in [5, 5.41) is 31.2. The Balaban J connectivity index is 2.93. The molecule has 1 saturated heterocycles. The SMILES string of the molecule is [N-]=[N+]=N[C@@H]1[C@@H](O)[C@@H](OP(=O)(O)O)O[C@H](CO)[C@H]1O. The average Bonchev–Trinajstić information content (AvgIpc) is 2.26. The zero-order chi connectivity index (χ0) is 13.9. The number of aliphatic hydroxyl groups is 3. The Kier molecular flexibility index (Phi) is 5.05. The molecule has 0 radical (unpaired) electrons. The van der Waals surface area contributed by atoms with Gasteiger partial charge in [0.25, 0.3) is 0 Å². The quantitative estimate of drug-likeness (QED) is 0.173. The van der Waals surface area contributed by atoms with Crippen LogP contribution >= 0.6 is 7.82 Å². The first-order valence-electron chi connectivity index (χ1n) is 4.70. The van der Waals surface area contributed by atoms with Crippen LogP contribution in [0.4, 0.5) is 0 Å². The van der Waals surface area contributed by atoms with Gasteiger partial charge in [-0.1, -0.05) is 5.11 Å². The predicted octanol–water partition coefficient (Wildman–Crippen LogP) is -1.79. The maximum Gasteiger partial charge on any atom is 0.472 e. The van der Waals surface area contributed by atoms with Crippen molar-refractivity contribution in [1.29, 1.82) is 0 Å². The third-order valence-electron chi connectivity index (χ3n) is 2.27. The summed E-state index contributed by atoms with van der Waals surface area (Å²) in [5.74, 6) is 0. The number of hydrogen-bond acceptors (Lipinski definition) is 7. The van der Waals surface area contributed by atoms with Gasteiger partial charge in [-0.25, -0.2) is 4.57 Å². The van der Waals surface area contributed by atoms with Crippen LogP contribution in [0.1, 0.15) is 0 Å². The van der Waals surface area contributed by atoms with Gasteiger partial charge in [-0.15, -0.1) is 0 Å². The summed E-state index contributed by atoms with van der Waals surface area (Å²) in [6, 6.07) is -1.46. The first-order chi connectivity index (χ1) is 8.30. The minimum atomic E-state index is -4.96. The average molecular weight is 285 g/mol. The number of phosphoric acid groups is 1. The van der Waals surface area contributed by atoms with Gasteiger partial charge in [-0.2, -0.15) is 0 Å². The van der Waals surface area contributed by atoms with E-state index >= 15 is 0 Å². The summed E-state index contributed by atoms with van der Waals surface area (Å²) < 4.78 is 19.5. The number of rotatable bonds is 4. The molecular weight excluding hydrogens is 273 g/mol. The third kappa shape index (κ3) is 3.62. The second-order valence-electron chi connectivity index (χ2n) is 3.50.